The van der Waals surface area contributed by atoms with Gasteiger partial charge in [-0.05, 0) is 18.7 Å². The van der Waals surface area contributed by atoms with Crippen LogP contribution in [0.3, 0.4) is 0 Å². The molecular formula is C13H19N3. The number of fused-ring (bicyclic) bond motifs is 1. The van der Waals surface area contributed by atoms with Gasteiger partial charge in [-0.2, -0.15) is 0 Å². The molecule has 0 bridgehead atoms. The van der Waals surface area contributed by atoms with Crippen molar-refractivity contribution in [2.75, 3.05) is 20.1 Å². The predicted molar refractivity (Wildman–Crippen MR) is 68.3 cm³/mol. The van der Waals surface area contributed by atoms with Gasteiger partial charge in [-0.25, -0.2) is 0 Å². The zero-order chi connectivity index (χ0) is 11.5. The van der Waals surface area contributed by atoms with E-state index < -0.39 is 0 Å². The van der Waals surface area contributed by atoms with Crippen molar-refractivity contribution < 1.29 is 0 Å². The van der Waals surface area contributed by atoms with Gasteiger partial charge < -0.3 is 15.2 Å². The fourth-order valence-corrected chi connectivity index (χ4v) is 2.14. The largest absolute Gasteiger partial charge is 0.350 e. The van der Waals surface area contributed by atoms with Crippen molar-refractivity contribution in [2.45, 2.75) is 6.54 Å². The van der Waals surface area contributed by atoms with E-state index in [1.165, 1.54) is 16.5 Å². The number of hydrogen-bond acceptors (Lipinski definition) is 2. The van der Waals surface area contributed by atoms with Crippen molar-refractivity contribution in [3.8, 4) is 0 Å². The zero-order valence-corrected chi connectivity index (χ0v) is 9.98. The smallest absolute Gasteiger partial charge is 0.0481 e. The van der Waals surface area contributed by atoms with Crippen LogP contribution in [0, 0.1) is 0 Å². The average molecular weight is 217 g/mol. The highest BCUT2D eigenvalue weighted by Crippen LogP contribution is 2.21. The summed E-state index contributed by atoms with van der Waals surface area (Å²) in [5, 5.41) is 1.34. The average Bonchev–Trinajstić information content (AvgIpc) is 2.57. The number of nitrogens with zero attached hydrogens (tertiary/aromatic N) is 2. The van der Waals surface area contributed by atoms with Gasteiger partial charge >= 0.3 is 0 Å². The Morgan fingerprint density at radius 1 is 1.31 bits per heavy atom. The molecule has 2 N–H and O–H groups in total. The van der Waals surface area contributed by atoms with Gasteiger partial charge in [0.2, 0.25) is 0 Å². The molecule has 1 aromatic carbocycles. The van der Waals surface area contributed by atoms with Crippen LogP contribution < -0.4 is 5.73 Å². The second-order valence-electron chi connectivity index (χ2n) is 4.31. The first-order valence-corrected chi connectivity index (χ1v) is 5.64. The van der Waals surface area contributed by atoms with E-state index in [-0.39, 0.29) is 0 Å². The normalized spacial score (nSPS) is 11.5. The Kier molecular flexibility index (Phi) is 3.27. The van der Waals surface area contributed by atoms with Crippen LogP contribution in [-0.4, -0.2) is 29.6 Å². The van der Waals surface area contributed by atoms with Crippen LogP contribution in [0.2, 0.25) is 0 Å². The van der Waals surface area contributed by atoms with E-state index in [2.05, 4.69) is 54.0 Å². The number of para-hydroxylation sites is 1. The van der Waals surface area contributed by atoms with E-state index >= 15 is 0 Å². The Bertz CT molecular complexity index is 473. The fourth-order valence-electron chi connectivity index (χ4n) is 2.14. The van der Waals surface area contributed by atoms with Crippen molar-refractivity contribution in [3.05, 3.63) is 36.0 Å². The van der Waals surface area contributed by atoms with Crippen molar-refractivity contribution in [2.24, 2.45) is 12.8 Å². The van der Waals surface area contributed by atoms with Gasteiger partial charge in [0.25, 0.3) is 0 Å². The number of rotatable bonds is 4. The standard InChI is InChI=1S/C13H19N3/c1-15(8-7-14)9-11-10-16(2)13-6-4-3-5-12(11)13/h3-6,10H,7-9,14H2,1-2H3. The molecule has 1 heterocycles. The van der Waals surface area contributed by atoms with Crippen LogP contribution in [0.15, 0.2) is 30.5 Å². The summed E-state index contributed by atoms with van der Waals surface area (Å²) in [6.07, 6.45) is 2.21. The van der Waals surface area contributed by atoms with E-state index in [4.69, 9.17) is 5.73 Å². The number of likely N-dealkylation sites (N-methyl/N-ethyl adjacent to an activating group) is 1. The third-order valence-electron chi connectivity index (χ3n) is 2.93. The minimum Gasteiger partial charge on any atom is -0.350 e. The topological polar surface area (TPSA) is 34.2 Å². The molecule has 3 nitrogen and oxygen atoms in total. The molecule has 3 heteroatoms. The molecule has 86 valence electrons. The lowest BCUT2D eigenvalue weighted by Gasteiger charge is -2.14. The fraction of sp³-hybridized carbons (Fsp3) is 0.385. The zero-order valence-electron chi connectivity index (χ0n) is 9.98. The van der Waals surface area contributed by atoms with Crippen LogP contribution in [-0.2, 0) is 13.6 Å². The lowest BCUT2D eigenvalue weighted by molar-refractivity contribution is 0.337. The molecule has 0 radical (unpaired) electrons. The first kappa shape index (κ1) is 11.2. The Balaban J connectivity index is 2.31. The molecule has 0 saturated heterocycles. The number of aromatic nitrogens is 1. The highest BCUT2D eigenvalue weighted by atomic mass is 15.1. The maximum absolute atomic E-state index is 5.55. The highest BCUT2D eigenvalue weighted by Gasteiger charge is 2.07. The summed E-state index contributed by atoms with van der Waals surface area (Å²) in [5.41, 5.74) is 8.21. The molecule has 0 atom stereocenters. The van der Waals surface area contributed by atoms with Crippen molar-refractivity contribution in [1.29, 1.82) is 0 Å². The number of nitrogens with two attached hydrogens (primary N) is 1. The molecule has 0 fully saturated rings. The SMILES string of the molecule is CN(CCN)Cc1cn(C)c2ccccc12. The lowest BCUT2D eigenvalue weighted by atomic mass is 10.1. The Morgan fingerprint density at radius 3 is 2.81 bits per heavy atom. The first-order chi connectivity index (χ1) is 7.72. The summed E-state index contributed by atoms with van der Waals surface area (Å²) in [6.45, 7) is 2.60. The Labute approximate surface area is 96.5 Å². The summed E-state index contributed by atoms with van der Waals surface area (Å²) in [6, 6.07) is 8.51. The third kappa shape index (κ3) is 2.10. The maximum atomic E-state index is 5.55. The van der Waals surface area contributed by atoms with E-state index in [9.17, 15) is 0 Å². The number of hydrogen-bond donors (Lipinski definition) is 1. The summed E-state index contributed by atoms with van der Waals surface area (Å²) >= 11 is 0. The van der Waals surface area contributed by atoms with Gasteiger partial charge in [0.1, 0.15) is 0 Å². The molecular weight excluding hydrogens is 198 g/mol. The Hall–Kier alpha value is -1.32. The van der Waals surface area contributed by atoms with Gasteiger partial charge in [-0.3, -0.25) is 0 Å². The molecule has 0 saturated carbocycles. The van der Waals surface area contributed by atoms with Crippen LogP contribution in [0.1, 0.15) is 5.56 Å². The number of benzene rings is 1. The van der Waals surface area contributed by atoms with E-state index in [1.54, 1.807) is 0 Å². The lowest BCUT2D eigenvalue weighted by Crippen LogP contribution is -2.24. The van der Waals surface area contributed by atoms with E-state index in [1.807, 2.05) is 0 Å². The minimum atomic E-state index is 0.710. The molecule has 0 spiro atoms. The second-order valence-corrected chi connectivity index (χ2v) is 4.31. The minimum absolute atomic E-state index is 0.710. The van der Waals surface area contributed by atoms with E-state index in [0.29, 0.717) is 6.54 Å². The number of aryl methyl sites for hydroxylation is 1. The van der Waals surface area contributed by atoms with Gasteiger partial charge in [0, 0.05) is 43.8 Å². The molecule has 2 rings (SSSR count). The molecule has 0 aliphatic carbocycles. The second kappa shape index (κ2) is 4.68. The summed E-state index contributed by atoms with van der Waals surface area (Å²) in [4.78, 5) is 2.25. The maximum Gasteiger partial charge on any atom is 0.0481 e. The quantitative estimate of drug-likeness (QED) is 0.843. The van der Waals surface area contributed by atoms with Gasteiger partial charge in [-0.1, -0.05) is 18.2 Å². The molecule has 1 aromatic heterocycles. The molecule has 0 aliphatic heterocycles. The van der Waals surface area contributed by atoms with Crippen LogP contribution in [0.4, 0.5) is 0 Å². The van der Waals surface area contributed by atoms with Crippen molar-refractivity contribution in [3.63, 3.8) is 0 Å². The third-order valence-corrected chi connectivity index (χ3v) is 2.93. The summed E-state index contributed by atoms with van der Waals surface area (Å²) in [7, 11) is 4.20. The van der Waals surface area contributed by atoms with Crippen LogP contribution >= 0.6 is 0 Å². The predicted octanol–water partition coefficient (Wildman–Crippen LogP) is 1.57. The molecule has 0 amide bonds. The van der Waals surface area contributed by atoms with Crippen LogP contribution in [0.25, 0.3) is 10.9 Å². The molecule has 2 aromatic rings. The molecule has 0 unspecified atom stereocenters. The molecule has 16 heavy (non-hydrogen) atoms. The first-order valence-electron chi connectivity index (χ1n) is 5.64. The van der Waals surface area contributed by atoms with Crippen molar-refractivity contribution >= 4 is 10.9 Å². The monoisotopic (exact) mass is 217 g/mol. The Morgan fingerprint density at radius 2 is 2.06 bits per heavy atom. The van der Waals surface area contributed by atoms with E-state index in [0.717, 1.165) is 13.1 Å². The highest BCUT2D eigenvalue weighted by molar-refractivity contribution is 5.83. The van der Waals surface area contributed by atoms with Crippen LogP contribution in [0.5, 0.6) is 0 Å². The summed E-state index contributed by atoms with van der Waals surface area (Å²) in [5.74, 6) is 0. The van der Waals surface area contributed by atoms with Gasteiger partial charge in [0.05, 0.1) is 0 Å². The van der Waals surface area contributed by atoms with Gasteiger partial charge in [0.15, 0.2) is 0 Å². The van der Waals surface area contributed by atoms with Gasteiger partial charge in [-0.15, -0.1) is 0 Å². The summed E-state index contributed by atoms with van der Waals surface area (Å²) < 4.78 is 2.18. The molecule has 0 aliphatic rings. The van der Waals surface area contributed by atoms with Crippen molar-refractivity contribution in [1.82, 2.24) is 9.47 Å².